The van der Waals surface area contributed by atoms with Crippen molar-refractivity contribution in [3.8, 4) is 0 Å². The average Bonchev–Trinajstić information content (AvgIpc) is 1.97. The van der Waals surface area contributed by atoms with Crippen LogP contribution in [0, 0.1) is 0 Å². The highest BCUT2D eigenvalue weighted by atomic mass is 79.9. The van der Waals surface area contributed by atoms with Crippen molar-refractivity contribution in [1.29, 1.82) is 0 Å². The fourth-order valence-electron chi connectivity index (χ4n) is 1.05. The Morgan fingerprint density at radius 2 is 1.00 bits per heavy atom. The van der Waals surface area contributed by atoms with Crippen LogP contribution in [0.4, 0.5) is 0 Å². The van der Waals surface area contributed by atoms with Crippen LogP contribution < -0.4 is 0 Å². The highest BCUT2D eigenvalue weighted by Gasteiger charge is 2.39. The van der Waals surface area contributed by atoms with Gasteiger partial charge >= 0.3 is 0 Å². The predicted molar refractivity (Wildman–Crippen MR) is 75.4 cm³/mol. The van der Waals surface area contributed by atoms with Gasteiger partial charge in [-0.1, -0.05) is 79.6 Å². The van der Waals surface area contributed by atoms with Crippen molar-refractivity contribution in [2.45, 2.75) is 30.6 Å². The van der Waals surface area contributed by atoms with Gasteiger partial charge in [-0.3, -0.25) is 0 Å². The van der Waals surface area contributed by atoms with Crippen LogP contribution in [0.1, 0.15) is 6.42 Å². The summed E-state index contributed by atoms with van der Waals surface area (Å²) < 4.78 is 0. The van der Waals surface area contributed by atoms with E-state index in [-0.39, 0.29) is 12.4 Å². The highest BCUT2D eigenvalue weighted by molar-refractivity contribution is 9.15. The Kier molecular flexibility index (Phi) is 7.73. The summed E-state index contributed by atoms with van der Waals surface area (Å²) in [6, 6.07) is 0. The maximum atomic E-state index is 3.65. The zero-order valence-electron chi connectivity index (χ0n) is 5.89. The molecule has 1 fully saturated rings. The average molecular weight is 515 g/mol. The van der Waals surface area contributed by atoms with Crippen LogP contribution in [0.2, 0.25) is 0 Å². The Balaban J connectivity index is 0.00000121. The van der Waals surface area contributed by atoms with Gasteiger partial charge in [0.15, 0.2) is 0 Å². The lowest BCUT2D eigenvalue weighted by Gasteiger charge is -2.35. The summed E-state index contributed by atoms with van der Waals surface area (Å²) in [6.45, 7) is 0. The second-order valence-electron chi connectivity index (χ2n) is 2.60. The van der Waals surface area contributed by atoms with Gasteiger partial charge in [0.05, 0.1) is 0 Å². The third-order valence-electron chi connectivity index (χ3n) is 1.75. The zero-order valence-corrected chi connectivity index (χ0v) is 14.6. The molecule has 0 saturated heterocycles. The van der Waals surface area contributed by atoms with E-state index in [1.165, 1.54) is 0 Å². The van der Waals surface area contributed by atoms with Gasteiger partial charge in [0.2, 0.25) is 0 Å². The molecule has 1 aliphatic rings. The van der Waals surface area contributed by atoms with E-state index in [2.05, 4.69) is 79.6 Å². The summed E-state index contributed by atoms with van der Waals surface area (Å²) in [5.74, 6) is 0. The first kappa shape index (κ1) is 14.7. The van der Waals surface area contributed by atoms with Crippen molar-refractivity contribution in [1.82, 2.24) is 0 Å². The molecule has 0 aromatic heterocycles. The molecule has 6 heteroatoms. The minimum absolute atomic E-state index is 0. The van der Waals surface area contributed by atoms with Gasteiger partial charge in [0.1, 0.15) is 0 Å². The molecule has 0 aromatic rings. The molecule has 4 atom stereocenters. The summed E-state index contributed by atoms with van der Waals surface area (Å²) in [4.78, 5) is 2.57. The van der Waals surface area contributed by atoms with E-state index in [0.29, 0.717) is 24.1 Å². The minimum Gasteiger partial charge on any atom is -0.147 e. The number of halogens is 6. The maximum absolute atomic E-state index is 3.65. The molecule has 0 aromatic carbocycles. The molecule has 0 heterocycles. The summed E-state index contributed by atoms with van der Waals surface area (Å²) in [5, 5.41) is 0. The monoisotopic (exact) mass is 510 g/mol. The van der Waals surface area contributed by atoms with E-state index < -0.39 is 0 Å². The molecule has 1 saturated carbocycles. The van der Waals surface area contributed by atoms with Crippen LogP contribution >= 0.6 is 92.1 Å². The molecule has 1 rings (SSSR count). The fourth-order valence-corrected chi connectivity index (χ4v) is 6.07. The third-order valence-corrected chi connectivity index (χ3v) is 10.0. The lowest BCUT2D eigenvalue weighted by Crippen LogP contribution is -2.43. The summed E-state index contributed by atoms with van der Waals surface area (Å²) in [5.41, 5.74) is 0. The number of hydrogen-bond donors (Lipinski definition) is 0. The second-order valence-corrected chi connectivity index (χ2v) is 8.13. The molecule has 0 N–H and O–H groups in total. The first-order valence-corrected chi connectivity index (χ1v) is 7.82. The van der Waals surface area contributed by atoms with E-state index in [1.807, 2.05) is 0 Å². The lowest BCUT2D eigenvalue weighted by atomic mass is 10.0. The van der Waals surface area contributed by atoms with Gasteiger partial charge in [-0.25, -0.2) is 0 Å². The Labute approximate surface area is 121 Å². The third kappa shape index (κ3) is 3.37. The van der Waals surface area contributed by atoms with Gasteiger partial charge in [-0.15, -0.1) is 12.4 Å². The zero-order chi connectivity index (χ0) is 8.59. The van der Waals surface area contributed by atoms with Crippen molar-refractivity contribution >= 4 is 92.1 Å². The summed E-state index contributed by atoms with van der Waals surface area (Å²) in [7, 11) is 0. The van der Waals surface area contributed by atoms with Crippen LogP contribution in [-0.4, -0.2) is 24.1 Å². The fraction of sp³-hybridized carbons (Fsp3) is 1.00. The molecule has 1 aliphatic carbocycles. The van der Waals surface area contributed by atoms with Crippen LogP contribution in [0.15, 0.2) is 0 Å². The van der Waals surface area contributed by atoms with E-state index in [1.54, 1.807) is 0 Å². The van der Waals surface area contributed by atoms with Gasteiger partial charge in [-0.05, 0) is 6.42 Å². The van der Waals surface area contributed by atoms with Crippen molar-refractivity contribution in [2.24, 2.45) is 0 Å². The minimum atomic E-state index is 0. The van der Waals surface area contributed by atoms with Crippen molar-refractivity contribution < 1.29 is 0 Å². The number of alkyl halides is 5. The molecule has 74 valence electrons. The van der Waals surface area contributed by atoms with Crippen LogP contribution in [0.3, 0.4) is 0 Å². The molecular formula is C6H8Br5Cl. The number of rotatable bonds is 0. The van der Waals surface area contributed by atoms with E-state index >= 15 is 0 Å². The van der Waals surface area contributed by atoms with Crippen molar-refractivity contribution in [3.05, 3.63) is 0 Å². The normalized spacial score (nSPS) is 48.2. The van der Waals surface area contributed by atoms with Crippen LogP contribution in [0.25, 0.3) is 0 Å². The quantitative estimate of drug-likeness (QED) is 0.413. The molecule has 0 bridgehead atoms. The summed E-state index contributed by atoms with van der Waals surface area (Å²) in [6.07, 6.45) is 1.15. The SMILES string of the molecule is BrC1CC(Br)C(Br)C(Br)C1Br.Cl. The van der Waals surface area contributed by atoms with Crippen molar-refractivity contribution in [2.75, 3.05) is 0 Å². The Bertz CT molecular complexity index is 130. The molecule has 12 heavy (non-hydrogen) atoms. The van der Waals surface area contributed by atoms with Gasteiger partial charge in [0, 0.05) is 24.1 Å². The largest absolute Gasteiger partial charge is 0.147 e. The Morgan fingerprint density at radius 1 is 0.667 bits per heavy atom. The smallest absolute Gasteiger partial charge is 0.0417 e. The molecule has 0 aliphatic heterocycles. The van der Waals surface area contributed by atoms with Gasteiger partial charge in [-0.2, -0.15) is 0 Å². The second kappa shape index (κ2) is 6.31. The maximum Gasteiger partial charge on any atom is 0.0417 e. The molecule has 4 unspecified atom stereocenters. The molecule has 0 spiro atoms. The standard InChI is InChI=1S/C6H7Br5.ClH/c7-2-1-3(8)5(10)6(11)4(2)9;/h2-6H,1H2;1H. The van der Waals surface area contributed by atoms with Gasteiger partial charge < -0.3 is 0 Å². The van der Waals surface area contributed by atoms with E-state index in [4.69, 9.17) is 0 Å². The molecule has 0 amide bonds. The van der Waals surface area contributed by atoms with Crippen LogP contribution in [-0.2, 0) is 0 Å². The number of hydrogen-bond acceptors (Lipinski definition) is 0. The highest BCUT2D eigenvalue weighted by Crippen LogP contribution is 2.40. The Hall–Kier alpha value is 2.69. The Morgan fingerprint density at radius 3 is 1.33 bits per heavy atom. The van der Waals surface area contributed by atoms with Gasteiger partial charge in [0.25, 0.3) is 0 Å². The molecular weight excluding hydrogens is 507 g/mol. The first-order valence-electron chi connectivity index (χ1n) is 3.24. The van der Waals surface area contributed by atoms with E-state index in [9.17, 15) is 0 Å². The predicted octanol–water partition coefficient (Wildman–Crippen LogP) is 4.63. The lowest BCUT2D eigenvalue weighted by molar-refractivity contribution is 0.593. The van der Waals surface area contributed by atoms with Crippen molar-refractivity contribution in [3.63, 3.8) is 0 Å². The topological polar surface area (TPSA) is 0 Å². The molecule has 0 radical (unpaired) electrons. The molecule has 0 nitrogen and oxygen atoms in total. The summed E-state index contributed by atoms with van der Waals surface area (Å²) >= 11 is 18.2. The van der Waals surface area contributed by atoms with Crippen LogP contribution in [0.5, 0.6) is 0 Å². The first-order chi connectivity index (χ1) is 5.04. The van der Waals surface area contributed by atoms with E-state index in [0.717, 1.165) is 6.42 Å².